The van der Waals surface area contributed by atoms with E-state index in [1.54, 1.807) is 27.9 Å². The van der Waals surface area contributed by atoms with E-state index in [0.29, 0.717) is 12.8 Å². The maximum Gasteiger partial charge on any atom is 0.417 e. The van der Waals surface area contributed by atoms with E-state index in [1.807, 2.05) is 24.3 Å². The van der Waals surface area contributed by atoms with Crippen molar-refractivity contribution in [2.24, 2.45) is 0 Å². The van der Waals surface area contributed by atoms with Crippen molar-refractivity contribution in [1.82, 2.24) is 4.90 Å². The number of β-lactam (4-membered cyclic amide) rings is 1. The Bertz CT molecular complexity index is 530. The smallest absolute Gasteiger partial charge is 0.417 e. The van der Waals surface area contributed by atoms with Crippen LogP contribution in [0.15, 0.2) is 24.3 Å². The highest BCUT2D eigenvalue weighted by molar-refractivity contribution is 5.97. The molecule has 0 N–H and O–H groups in total. The summed E-state index contributed by atoms with van der Waals surface area (Å²) in [4.78, 5) is 24.9. The first kappa shape index (κ1) is 15.4. The Hall–Kier alpha value is -2.04. The van der Waals surface area contributed by atoms with Crippen LogP contribution < -0.4 is 4.74 Å². The van der Waals surface area contributed by atoms with Gasteiger partial charge in [-0.25, -0.2) is 9.69 Å². The molecule has 1 aliphatic heterocycles. The summed E-state index contributed by atoms with van der Waals surface area (Å²) in [5.74, 6) is 0.607. The summed E-state index contributed by atoms with van der Waals surface area (Å²) in [5.41, 5.74) is 0.458. The molecule has 0 aromatic heterocycles. The van der Waals surface area contributed by atoms with Gasteiger partial charge in [-0.15, -0.1) is 0 Å². The zero-order valence-corrected chi connectivity index (χ0v) is 12.9. The summed E-state index contributed by atoms with van der Waals surface area (Å²) in [5, 5.41) is 0. The SMILES string of the molecule is COc1ccc(C[C@H]2CC(=O)N2C(=O)OC(C)(C)C)cc1. The zero-order chi connectivity index (χ0) is 15.6. The number of carbonyl (C=O) groups is 2. The highest BCUT2D eigenvalue weighted by atomic mass is 16.6. The van der Waals surface area contributed by atoms with Gasteiger partial charge in [-0.1, -0.05) is 12.1 Å². The maximum atomic E-state index is 12.0. The van der Waals surface area contributed by atoms with Gasteiger partial charge in [0.05, 0.1) is 13.2 Å². The third-order valence-corrected chi connectivity index (χ3v) is 3.26. The molecule has 114 valence electrons. The molecule has 0 radical (unpaired) electrons. The van der Waals surface area contributed by atoms with Gasteiger partial charge in [-0.3, -0.25) is 4.79 Å². The third-order valence-electron chi connectivity index (χ3n) is 3.26. The van der Waals surface area contributed by atoms with E-state index in [9.17, 15) is 9.59 Å². The monoisotopic (exact) mass is 291 g/mol. The van der Waals surface area contributed by atoms with Gasteiger partial charge in [0.2, 0.25) is 5.91 Å². The average Bonchev–Trinajstić information content (AvgIpc) is 2.36. The summed E-state index contributed by atoms with van der Waals surface area (Å²) in [6.45, 7) is 5.36. The Kier molecular flexibility index (Phi) is 4.21. The first-order valence-electron chi connectivity index (χ1n) is 6.98. The molecule has 0 saturated carbocycles. The van der Waals surface area contributed by atoms with Crippen molar-refractivity contribution < 1.29 is 19.1 Å². The summed E-state index contributed by atoms with van der Waals surface area (Å²) >= 11 is 0. The molecule has 2 amide bonds. The second kappa shape index (κ2) is 5.76. The molecule has 1 aliphatic rings. The topological polar surface area (TPSA) is 55.8 Å². The number of rotatable bonds is 3. The third kappa shape index (κ3) is 3.74. The Balaban J connectivity index is 2.00. The van der Waals surface area contributed by atoms with E-state index in [0.717, 1.165) is 11.3 Å². The quantitative estimate of drug-likeness (QED) is 0.804. The van der Waals surface area contributed by atoms with Crippen molar-refractivity contribution in [2.75, 3.05) is 7.11 Å². The van der Waals surface area contributed by atoms with E-state index in [1.165, 1.54) is 4.90 Å². The van der Waals surface area contributed by atoms with Crippen molar-refractivity contribution in [2.45, 2.75) is 45.3 Å². The van der Waals surface area contributed by atoms with E-state index in [2.05, 4.69) is 0 Å². The first-order chi connectivity index (χ1) is 9.80. The molecular weight excluding hydrogens is 270 g/mol. The van der Waals surface area contributed by atoms with Crippen LogP contribution in [0.2, 0.25) is 0 Å². The van der Waals surface area contributed by atoms with Gasteiger partial charge in [-0.05, 0) is 44.9 Å². The maximum absolute atomic E-state index is 12.0. The molecular formula is C16H21NO4. The van der Waals surface area contributed by atoms with Crippen LogP contribution in [0.5, 0.6) is 5.75 Å². The minimum atomic E-state index is -0.600. The van der Waals surface area contributed by atoms with Gasteiger partial charge in [0.25, 0.3) is 0 Å². The van der Waals surface area contributed by atoms with Gasteiger partial charge in [0, 0.05) is 6.42 Å². The second-order valence-electron chi connectivity index (χ2n) is 6.15. The van der Waals surface area contributed by atoms with Crippen LogP contribution in [0.4, 0.5) is 4.79 Å². The molecule has 0 unspecified atom stereocenters. The lowest BCUT2D eigenvalue weighted by atomic mass is 9.95. The van der Waals surface area contributed by atoms with Crippen LogP contribution in [0, 0.1) is 0 Å². The number of hydrogen-bond acceptors (Lipinski definition) is 4. The number of benzene rings is 1. The summed E-state index contributed by atoms with van der Waals surface area (Å²) in [6, 6.07) is 7.49. The fraction of sp³-hybridized carbons (Fsp3) is 0.500. The van der Waals surface area contributed by atoms with E-state index in [-0.39, 0.29) is 11.9 Å². The lowest BCUT2D eigenvalue weighted by Crippen LogP contribution is -2.57. The van der Waals surface area contributed by atoms with Crippen LogP contribution in [-0.4, -0.2) is 35.7 Å². The predicted molar refractivity (Wildman–Crippen MR) is 78.2 cm³/mol. The van der Waals surface area contributed by atoms with Gasteiger partial charge < -0.3 is 9.47 Å². The van der Waals surface area contributed by atoms with Gasteiger partial charge in [-0.2, -0.15) is 0 Å². The molecule has 1 atom stereocenters. The molecule has 1 saturated heterocycles. The molecule has 1 aromatic rings. The van der Waals surface area contributed by atoms with Crippen molar-refractivity contribution in [3.05, 3.63) is 29.8 Å². The highest BCUT2D eigenvalue weighted by Crippen LogP contribution is 2.26. The van der Waals surface area contributed by atoms with E-state index < -0.39 is 11.7 Å². The van der Waals surface area contributed by atoms with Crippen LogP contribution in [0.3, 0.4) is 0 Å². The summed E-state index contributed by atoms with van der Waals surface area (Å²) < 4.78 is 10.4. The van der Waals surface area contributed by atoms with Crippen LogP contribution in [0.25, 0.3) is 0 Å². The Morgan fingerprint density at radius 3 is 2.38 bits per heavy atom. The fourth-order valence-electron chi connectivity index (χ4n) is 2.24. The fourth-order valence-corrected chi connectivity index (χ4v) is 2.24. The summed E-state index contributed by atoms with van der Waals surface area (Å²) in [6.07, 6.45) is 0.456. The minimum Gasteiger partial charge on any atom is -0.497 e. The molecule has 1 fully saturated rings. The number of ether oxygens (including phenoxy) is 2. The molecule has 1 aromatic carbocycles. The minimum absolute atomic E-state index is 0.124. The highest BCUT2D eigenvalue weighted by Gasteiger charge is 2.42. The number of nitrogens with zero attached hydrogens (tertiary/aromatic N) is 1. The van der Waals surface area contributed by atoms with Crippen molar-refractivity contribution in [3.8, 4) is 5.75 Å². The van der Waals surface area contributed by atoms with Crippen molar-refractivity contribution in [1.29, 1.82) is 0 Å². The zero-order valence-electron chi connectivity index (χ0n) is 12.9. The number of amides is 2. The number of methoxy groups -OCH3 is 1. The van der Waals surface area contributed by atoms with Crippen molar-refractivity contribution in [3.63, 3.8) is 0 Å². The largest absolute Gasteiger partial charge is 0.497 e. The Labute approximate surface area is 124 Å². The molecule has 21 heavy (non-hydrogen) atoms. The first-order valence-corrected chi connectivity index (χ1v) is 6.98. The molecule has 0 spiro atoms. The normalized spacial score (nSPS) is 18.2. The Morgan fingerprint density at radius 1 is 1.29 bits per heavy atom. The van der Waals surface area contributed by atoms with Crippen molar-refractivity contribution >= 4 is 12.0 Å². The predicted octanol–water partition coefficient (Wildman–Crippen LogP) is 2.77. The van der Waals surface area contributed by atoms with E-state index in [4.69, 9.17) is 9.47 Å². The number of likely N-dealkylation sites (tertiary alicyclic amines) is 1. The summed E-state index contributed by atoms with van der Waals surface area (Å²) in [7, 11) is 1.61. The van der Waals surface area contributed by atoms with Crippen LogP contribution in [-0.2, 0) is 16.0 Å². The average molecular weight is 291 g/mol. The van der Waals surface area contributed by atoms with Crippen LogP contribution >= 0.6 is 0 Å². The lowest BCUT2D eigenvalue weighted by molar-refractivity contribution is -0.143. The molecule has 5 nitrogen and oxygen atoms in total. The lowest BCUT2D eigenvalue weighted by Gasteiger charge is -2.39. The molecule has 0 bridgehead atoms. The Morgan fingerprint density at radius 2 is 1.90 bits per heavy atom. The number of imide groups is 1. The van der Waals surface area contributed by atoms with Gasteiger partial charge in [0.1, 0.15) is 11.4 Å². The second-order valence-corrected chi connectivity index (χ2v) is 6.15. The van der Waals surface area contributed by atoms with Gasteiger partial charge >= 0.3 is 6.09 Å². The molecule has 2 rings (SSSR count). The standard InChI is InChI=1S/C16H21NO4/c1-16(2,3)21-15(19)17-12(10-14(17)18)9-11-5-7-13(20-4)8-6-11/h5-8,12H,9-10H2,1-4H3/t12-/m0/s1. The number of carbonyl (C=O) groups excluding carboxylic acids is 2. The molecule has 1 heterocycles. The van der Waals surface area contributed by atoms with E-state index >= 15 is 0 Å². The molecule has 0 aliphatic carbocycles. The number of hydrogen-bond donors (Lipinski definition) is 0. The molecule has 5 heteroatoms. The van der Waals surface area contributed by atoms with Crippen LogP contribution in [0.1, 0.15) is 32.8 Å². The van der Waals surface area contributed by atoms with Gasteiger partial charge in [0.15, 0.2) is 0 Å².